The number of nitriles is 1. The van der Waals surface area contributed by atoms with E-state index in [9.17, 15) is 42.7 Å². The summed E-state index contributed by atoms with van der Waals surface area (Å²) in [4.78, 5) is 64.1. The van der Waals surface area contributed by atoms with E-state index in [2.05, 4.69) is 15.6 Å². The van der Waals surface area contributed by atoms with Crippen molar-refractivity contribution in [1.29, 1.82) is 5.26 Å². The van der Waals surface area contributed by atoms with Crippen LogP contribution in [0, 0.1) is 23.7 Å². The van der Waals surface area contributed by atoms with Crippen LogP contribution in [0.1, 0.15) is 70.3 Å². The molecule has 0 spiro atoms. The zero-order chi connectivity index (χ0) is 52.3. The predicted octanol–water partition coefficient (Wildman–Crippen LogP) is 7.96. The molecule has 15 nitrogen and oxygen atoms in total. The number of rotatable bonds is 16. The third-order valence-electron chi connectivity index (χ3n) is 12.3. The lowest BCUT2D eigenvalue weighted by molar-refractivity contribution is -0.145. The summed E-state index contributed by atoms with van der Waals surface area (Å²) in [5.74, 6) is -0.677. The van der Waals surface area contributed by atoms with E-state index in [1.165, 1.54) is 17.0 Å². The Kier molecular flexibility index (Phi) is 15.6. The summed E-state index contributed by atoms with van der Waals surface area (Å²) in [6.45, 7) is 12.6. The molecule has 0 radical (unpaired) electrons. The van der Waals surface area contributed by atoms with E-state index in [-0.39, 0.29) is 43.5 Å². The Morgan fingerprint density at radius 2 is 1.54 bits per heavy atom. The molecule has 72 heavy (non-hydrogen) atoms. The fraction of sp³-hybridized carbons (Fsp3) is 0.365. The van der Waals surface area contributed by atoms with Crippen LogP contribution >= 0.6 is 23.6 Å². The quantitative estimate of drug-likeness (QED) is 0.0641. The first-order valence-corrected chi connectivity index (χ1v) is 24.2. The van der Waals surface area contributed by atoms with Crippen molar-refractivity contribution in [3.8, 4) is 33.8 Å². The fourth-order valence-electron chi connectivity index (χ4n) is 8.38. The van der Waals surface area contributed by atoms with Gasteiger partial charge in [0.25, 0.3) is 11.8 Å². The second kappa shape index (κ2) is 21.3. The van der Waals surface area contributed by atoms with Gasteiger partial charge in [0, 0.05) is 25.2 Å². The number of likely N-dealkylation sites (tertiary alicyclic amines) is 1. The van der Waals surface area contributed by atoms with Crippen molar-refractivity contribution in [1.82, 2.24) is 20.5 Å². The van der Waals surface area contributed by atoms with Crippen LogP contribution in [0.5, 0.6) is 17.2 Å². The number of halogens is 3. The normalized spacial score (nSPS) is 17.6. The van der Waals surface area contributed by atoms with Crippen LogP contribution in [-0.4, -0.2) is 93.3 Å². The number of carbonyl (C=O) groups excluding carboxylic acids is 4. The monoisotopic (exact) mass is 1030 g/mol. The lowest BCUT2D eigenvalue weighted by atomic mass is 9.85. The first kappa shape index (κ1) is 52.7. The number of carbonyl (C=O) groups is 4. The predicted molar refractivity (Wildman–Crippen MR) is 268 cm³/mol. The number of nitrogens with zero attached hydrogens (tertiary/aromatic N) is 5. The van der Waals surface area contributed by atoms with Gasteiger partial charge in [0.15, 0.2) is 11.2 Å². The van der Waals surface area contributed by atoms with E-state index in [4.69, 9.17) is 26.4 Å². The number of thiazole rings is 1. The zero-order valence-corrected chi connectivity index (χ0v) is 42.2. The van der Waals surface area contributed by atoms with Gasteiger partial charge in [-0.05, 0) is 123 Å². The summed E-state index contributed by atoms with van der Waals surface area (Å²) < 4.78 is 58.9. The van der Waals surface area contributed by atoms with Crippen molar-refractivity contribution in [3.63, 3.8) is 0 Å². The van der Waals surface area contributed by atoms with Gasteiger partial charge in [0.05, 0.1) is 45.1 Å². The maximum absolute atomic E-state index is 14.2. The first-order chi connectivity index (χ1) is 34.0. The van der Waals surface area contributed by atoms with E-state index in [0.29, 0.717) is 22.9 Å². The Labute approximate surface area is 424 Å². The molecular weight excluding hydrogens is 972 g/mol. The molecule has 4 aromatic carbocycles. The van der Waals surface area contributed by atoms with Gasteiger partial charge in [-0.25, -0.2) is 4.98 Å². The summed E-state index contributed by atoms with van der Waals surface area (Å²) in [5.41, 5.74) is 1.25. The summed E-state index contributed by atoms with van der Waals surface area (Å²) in [5, 5.41) is 25.6. The largest absolute Gasteiger partial charge is 0.490 e. The van der Waals surface area contributed by atoms with Crippen molar-refractivity contribution in [2.75, 3.05) is 29.6 Å². The average Bonchev–Trinajstić information content (AvgIpc) is 4.00. The molecule has 1 aromatic heterocycles. The molecule has 0 bridgehead atoms. The maximum atomic E-state index is 14.2. The number of anilines is 2. The molecule has 3 heterocycles. The van der Waals surface area contributed by atoms with Gasteiger partial charge >= 0.3 is 6.18 Å². The summed E-state index contributed by atoms with van der Waals surface area (Å²) in [6, 6.07) is 23.6. The highest BCUT2D eigenvalue weighted by Crippen LogP contribution is 2.40. The van der Waals surface area contributed by atoms with Gasteiger partial charge in [-0.1, -0.05) is 45.0 Å². The number of amides is 4. The molecule has 1 unspecified atom stereocenters. The van der Waals surface area contributed by atoms with Gasteiger partial charge in [0.2, 0.25) is 11.8 Å². The number of thiocarbonyl (C=S) groups is 1. The standard InChI is InChI=1S/C52H54F3N7O8S2/c1-30-43(72-29-58-30)33-10-8-32(9-11-33)27-57-46(65)42-25-37(63)28-60(42)47(66)44(50(3,4)5)59-45(64)31(2)70-40-20-18-39(19-21-40)69-23-22-68-38-16-14-35(15-17-38)62-49(71)61(48(67)51(62,6)7)36-13-12-34(26-56)41(24-36)52(53,54)55/h8-21,24,29,31,37,42,44,63H,22-23,25,27-28H2,1-7H3,(H,57,65)(H,59,64)/t31-,37+,42?,44+/m0/s1. The van der Waals surface area contributed by atoms with Crippen molar-refractivity contribution < 1.29 is 51.7 Å². The van der Waals surface area contributed by atoms with Crippen LogP contribution in [0.4, 0.5) is 24.5 Å². The van der Waals surface area contributed by atoms with Crippen molar-refractivity contribution in [2.45, 2.75) is 97.4 Å². The number of β-amino-alcohol motifs (C(OH)–C–C–N with tert-alkyl or cyclic N) is 1. The Morgan fingerprint density at radius 3 is 2.11 bits per heavy atom. The van der Waals surface area contributed by atoms with Gasteiger partial charge < -0.3 is 39.8 Å². The van der Waals surface area contributed by atoms with Gasteiger partial charge in [-0.2, -0.15) is 18.4 Å². The van der Waals surface area contributed by atoms with Gasteiger partial charge in [0.1, 0.15) is 48.1 Å². The number of benzene rings is 4. The minimum atomic E-state index is -4.82. The molecule has 2 saturated heterocycles. The summed E-state index contributed by atoms with van der Waals surface area (Å²) >= 11 is 7.18. The number of ether oxygens (including phenoxy) is 3. The molecule has 4 atom stereocenters. The van der Waals surface area contributed by atoms with Gasteiger partial charge in [-0.3, -0.25) is 24.1 Å². The van der Waals surface area contributed by atoms with Crippen molar-refractivity contribution >= 4 is 63.7 Å². The number of hydrogen-bond acceptors (Lipinski definition) is 12. The number of alkyl halides is 3. The molecule has 4 amide bonds. The molecule has 2 aliphatic heterocycles. The van der Waals surface area contributed by atoms with E-state index in [0.717, 1.165) is 38.7 Å². The topological polar surface area (TPSA) is 187 Å². The number of aliphatic hydroxyl groups excluding tert-OH is 1. The third kappa shape index (κ3) is 11.6. The second-order valence-electron chi connectivity index (χ2n) is 19.0. The molecule has 0 aliphatic carbocycles. The molecule has 2 aliphatic rings. The molecular formula is C52H54F3N7O8S2. The van der Waals surface area contributed by atoms with E-state index in [1.807, 2.05) is 31.2 Å². The van der Waals surface area contributed by atoms with Crippen LogP contribution < -0.4 is 34.6 Å². The summed E-state index contributed by atoms with van der Waals surface area (Å²) in [6.07, 6.45) is -6.71. The maximum Gasteiger partial charge on any atom is 0.417 e. The minimum Gasteiger partial charge on any atom is -0.490 e. The summed E-state index contributed by atoms with van der Waals surface area (Å²) in [7, 11) is 0. The Bertz CT molecular complexity index is 2860. The highest BCUT2D eigenvalue weighted by Gasteiger charge is 2.51. The molecule has 3 N–H and O–H groups in total. The Morgan fingerprint density at radius 1 is 0.944 bits per heavy atom. The van der Waals surface area contributed by atoms with Crippen LogP contribution in [0.3, 0.4) is 0 Å². The highest BCUT2D eigenvalue weighted by atomic mass is 32.1. The van der Waals surface area contributed by atoms with E-state index >= 15 is 0 Å². The lowest BCUT2D eigenvalue weighted by Crippen LogP contribution is -2.59. The Balaban J connectivity index is 0.879. The number of nitrogens with one attached hydrogen (secondary N) is 2. The molecule has 7 rings (SSSR count). The number of aromatic nitrogens is 1. The number of hydrogen-bond donors (Lipinski definition) is 3. The van der Waals surface area contributed by atoms with Gasteiger partial charge in [-0.15, -0.1) is 11.3 Å². The van der Waals surface area contributed by atoms with Crippen molar-refractivity contribution in [2.24, 2.45) is 5.41 Å². The van der Waals surface area contributed by atoms with Crippen LogP contribution in [0.25, 0.3) is 10.4 Å². The first-order valence-electron chi connectivity index (χ1n) is 23.0. The average molecular weight is 1030 g/mol. The fourth-order valence-corrected chi connectivity index (χ4v) is 9.72. The molecule has 5 aromatic rings. The van der Waals surface area contributed by atoms with Crippen molar-refractivity contribution in [3.05, 3.63) is 119 Å². The zero-order valence-electron chi connectivity index (χ0n) is 40.6. The number of aliphatic hydroxyl groups is 1. The van der Waals surface area contributed by atoms with Crippen LogP contribution in [-0.2, 0) is 31.9 Å². The van der Waals surface area contributed by atoms with E-state index in [1.54, 1.807) is 112 Å². The van der Waals surface area contributed by atoms with E-state index < -0.39 is 76.2 Å². The molecule has 20 heteroatoms. The molecule has 2 fully saturated rings. The number of aryl methyl sites for hydroxylation is 1. The lowest BCUT2D eigenvalue weighted by Gasteiger charge is -2.35. The molecule has 0 saturated carbocycles. The Hall–Kier alpha value is -7.08. The molecule has 378 valence electrons. The minimum absolute atomic E-state index is 0.0327. The highest BCUT2D eigenvalue weighted by molar-refractivity contribution is 7.81. The van der Waals surface area contributed by atoms with Crippen LogP contribution in [0.15, 0.2) is 96.5 Å². The second-order valence-corrected chi connectivity index (χ2v) is 20.2. The van der Waals surface area contributed by atoms with Crippen LogP contribution in [0.2, 0.25) is 0 Å². The third-order valence-corrected chi connectivity index (χ3v) is 13.6. The SMILES string of the molecule is Cc1ncsc1-c1ccc(CNC(=O)C2C[C@@H](O)CN2C(=O)[C@@H](NC(=O)[C@H](C)Oc2ccc(OCCOc3ccc(N4C(=S)N(c5ccc(C#N)c(C(F)(F)F)c5)C(=O)C4(C)C)cc3)cc2)C(C)(C)C)cc1. The smallest absolute Gasteiger partial charge is 0.417 e.